The summed E-state index contributed by atoms with van der Waals surface area (Å²) in [5.41, 5.74) is 0.376. The summed E-state index contributed by atoms with van der Waals surface area (Å²) in [7, 11) is 0. The molecule has 2 aromatic rings. The van der Waals surface area contributed by atoms with Crippen molar-refractivity contribution in [3.05, 3.63) is 45.5 Å². The van der Waals surface area contributed by atoms with E-state index in [-0.39, 0.29) is 22.4 Å². The van der Waals surface area contributed by atoms with Gasteiger partial charge in [-0.05, 0) is 30.5 Å². The molecule has 0 amide bonds. The second-order valence-electron chi connectivity index (χ2n) is 5.18. The first-order valence-electron chi connectivity index (χ1n) is 6.09. The molecule has 0 bridgehead atoms. The van der Waals surface area contributed by atoms with Crippen molar-refractivity contribution in [3.63, 3.8) is 0 Å². The highest BCUT2D eigenvalue weighted by Gasteiger charge is 2.42. The highest BCUT2D eigenvalue weighted by atomic mass is 35.5. The third-order valence-electron chi connectivity index (χ3n) is 3.60. The van der Waals surface area contributed by atoms with Crippen LogP contribution in [0.5, 0.6) is 5.88 Å². The maximum atomic E-state index is 12.1. The van der Waals surface area contributed by atoms with Crippen molar-refractivity contribution in [2.24, 2.45) is 0 Å². The highest BCUT2D eigenvalue weighted by molar-refractivity contribution is 6.30. The second-order valence-corrected chi connectivity index (χ2v) is 5.62. The average Bonchev–Trinajstić information content (AvgIpc) is 3.10. The molecule has 0 spiro atoms. The summed E-state index contributed by atoms with van der Waals surface area (Å²) in [5.74, 6) is 0.335. The number of H-pyrrole nitrogens is 1. The topological polar surface area (TPSA) is 66.0 Å². The van der Waals surface area contributed by atoms with Crippen LogP contribution in [-0.4, -0.2) is 15.1 Å². The molecule has 1 fully saturated rings. The first-order chi connectivity index (χ1) is 8.99. The van der Waals surface area contributed by atoms with Crippen LogP contribution in [0, 0.1) is 0 Å². The van der Waals surface area contributed by atoms with Crippen molar-refractivity contribution < 1.29 is 5.11 Å². The van der Waals surface area contributed by atoms with Gasteiger partial charge in [0.25, 0.3) is 5.56 Å². The third-order valence-corrected chi connectivity index (χ3v) is 3.86. The zero-order valence-electron chi connectivity index (χ0n) is 10.4. The number of aromatic nitrogens is 2. The van der Waals surface area contributed by atoms with E-state index in [1.165, 1.54) is 0 Å². The van der Waals surface area contributed by atoms with E-state index in [1.54, 1.807) is 24.3 Å². The number of halogens is 1. The molecular formula is C14H13ClN2O2. The van der Waals surface area contributed by atoms with E-state index in [1.807, 2.05) is 6.92 Å². The largest absolute Gasteiger partial charge is 0.493 e. The van der Waals surface area contributed by atoms with Crippen molar-refractivity contribution >= 4 is 11.6 Å². The van der Waals surface area contributed by atoms with Crippen LogP contribution in [0.15, 0.2) is 29.1 Å². The zero-order valence-corrected chi connectivity index (χ0v) is 11.2. The normalized spacial score (nSPS) is 16.3. The second kappa shape index (κ2) is 4.10. The van der Waals surface area contributed by atoms with Crippen molar-refractivity contribution in [1.82, 2.24) is 9.97 Å². The van der Waals surface area contributed by atoms with Crippen molar-refractivity contribution in [2.45, 2.75) is 25.2 Å². The molecule has 1 aliphatic carbocycles. The molecule has 19 heavy (non-hydrogen) atoms. The molecule has 0 aliphatic heterocycles. The lowest BCUT2D eigenvalue weighted by molar-refractivity contribution is 0.446. The van der Waals surface area contributed by atoms with Gasteiger partial charge in [0.05, 0.1) is 0 Å². The quantitative estimate of drug-likeness (QED) is 0.886. The summed E-state index contributed by atoms with van der Waals surface area (Å²) in [6.45, 7) is 2.02. The van der Waals surface area contributed by atoms with Crippen LogP contribution in [0.4, 0.5) is 0 Å². The number of benzene rings is 1. The Hall–Kier alpha value is -1.81. The lowest BCUT2D eigenvalue weighted by atomic mass is 10.1. The number of nitrogens with one attached hydrogen (secondary N) is 1. The molecule has 98 valence electrons. The first-order valence-corrected chi connectivity index (χ1v) is 6.47. The molecule has 3 rings (SSSR count). The number of nitrogens with zero attached hydrogens (tertiary/aromatic N) is 1. The maximum Gasteiger partial charge on any atom is 0.262 e. The van der Waals surface area contributed by atoms with E-state index in [0.717, 1.165) is 12.8 Å². The predicted molar refractivity (Wildman–Crippen MR) is 73.6 cm³/mol. The van der Waals surface area contributed by atoms with Gasteiger partial charge in [-0.1, -0.05) is 30.7 Å². The Bertz CT molecular complexity index is 688. The fourth-order valence-electron chi connectivity index (χ4n) is 2.05. The Morgan fingerprint density at radius 3 is 2.47 bits per heavy atom. The van der Waals surface area contributed by atoms with Gasteiger partial charge >= 0.3 is 0 Å². The summed E-state index contributed by atoms with van der Waals surface area (Å²) < 4.78 is 0. The molecule has 1 aromatic heterocycles. The zero-order chi connectivity index (χ0) is 13.6. The minimum atomic E-state index is -0.321. The summed E-state index contributed by atoms with van der Waals surface area (Å²) in [4.78, 5) is 19.0. The number of aromatic amines is 1. The van der Waals surface area contributed by atoms with E-state index >= 15 is 0 Å². The van der Waals surface area contributed by atoms with Gasteiger partial charge in [0, 0.05) is 10.4 Å². The van der Waals surface area contributed by atoms with Gasteiger partial charge in [-0.25, -0.2) is 0 Å². The molecule has 4 nitrogen and oxygen atoms in total. The van der Waals surface area contributed by atoms with E-state index in [0.29, 0.717) is 16.4 Å². The lowest BCUT2D eigenvalue weighted by Gasteiger charge is -2.10. The Labute approximate surface area is 115 Å². The molecule has 1 saturated carbocycles. The summed E-state index contributed by atoms with van der Waals surface area (Å²) >= 11 is 5.81. The fourth-order valence-corrected chi connectivity index (χ4v) is 2.17. The fraction of sp³-hybridized carbons (Fsp3) is 0.286. The van der Waals surface area contributed by atoms with Gasteiger partial charge in [0.15, 0.2) is 0 Å². The highest BCUT2D eigenvalue weighted by Crippen LogP contribution is 2.46. The summed E-state index contributed by atoms with van der Waals surface area (Å²) in [6.07, 6.45) is 1.96. The van der Waals surface area contributed by atoms with Gasteiger partial charge in [-0.3, -0.25) is 4.79 Å². The van der Waals surface area contributed by atoms with E-state index < -0.39 is 0 Å². The summed E-state index contributed by atoms with van der Waals surface area (Å²) in [6, 6.07) is 6.72. The standard InChI is InChI=1S/C14H13ClN2O2/c1-14(6-7-14)13-16-11(18)10(12(19)17-13)8-2-4-9(15)5-3-8/h2-5H,6-7H2,1H3,(H2,16,17,18,19). The maximum absolute atomic E-state index is 12.1. The molecule has 0 unspecified atom stereocenters. The SMILES string of the molecule is CC1(c2nc(O)c(-c3ccc(Cl)cc3)c(=O)[nH]2)CC1. The van der Waals surface area contributed by atoms with Crippen LogP contribution >= 0.6 is 11.6 Å². The van der Waals surface area contributed by atoms with E-state index in [9.17, 15) is 9.90 Å². The first kappa shape index (κ1) is 12.2. The van der Waals surface area contributed by atoms with Gasteiger partial charge in [0.1, 0.15) is 11.4 Å². The molecule has 0 radical (unpaired) electrons. The Kier molecular flexibility index (Phi) is 2.64. The van der Waals surface area contributed by atoms with Crippen LogP contribution < -0.4 is 5.56 Å². The van der Waals surface area contributed by atoms with Gasteiger partial charge in [-0.15, -0.1) is 0 Å². The molecule has 2 N–H and O–H groups in total. The van der Waals surface area contributed by atoms with Crippen LogP contribution in [0.3, 0.4) is 0 Å². The molecule has 1 aliphatic rings. The molecule has 1 heterocycles. The average molecular weight is 277 g/mol. The van der Waals surface area contributed by atoms with E-state index in [4.69, 9.17) is 11.6 Å². The molecule has 0 saturated heterocycles. The van der Waals surface area contributed by atoms with Crippen molar-refractivity contribution in [3.8, 4) is 17.0 Å². The number of hydrogen-bond donors (Lipinski definition) is 2. The Morgan fingerprint density at radius 1 is 1.32 bits per heavy atom. The van der Waals surface area contributed by atoms with Crippen molar-refractivity contribution in [1.29, 1.82) is 0 Å². The molecule has 5 heteroatoms. The van der Waals surface area contributed by atoms with Crippen LogP contribution in [0.1, 0.15) is 25.6 Å². The van der Waals surface area contributed by atoms with Crippen molar-refractivity contribution in [2.75, 3.05) is 0 Å². The minimum Gasteiger partial charge on any atom is -0.493 e. The third kappa shape index (κ3) is 2.12. The predicted octanol–water partition coefficient (Wildman–Crippen LogP) is 2.85. The van der Waals surface area contributed by atoms with Gasteiger partial charge in [-0.2, -0.15) is 4.98 Å². The monoisotopic (exact) mass is 276 g/mol. The lowest BCUT2D eigenvalue weighted by Crippen LogP contribution is -2.18. The summed E-state index contributed by atoms with van der Waals surface area (Å²) in [5, 5.41) is 10.6. The van der Waals surface area contributed by atoms with Crippen LogP contribution in [-0.2, 0) is 5.41 Å². The van der Waals surface area contributed by atoms with Crippen LogP contribution in [0.2, 0.25) is 5.02 Å². The molecule has 1 aromatic carbocycles. The van der Waals surface area contributed by atoms with Crippen LogP contribution in [0.25, 0.3) is 11.1 Å². The number of hydrogen-bond acceptors (Lipinski definition) is 3. The Morgan fingerprint density at radius 2 is 1.95 bits per heavy atom. The van der Waals surface area contributed by atoms with Gasteiger partial charge < -0.3 is 10.1 Å². The van der Waals surface area contributed by atoms with E-state index in [2.05, 4.69) is 9.97 Å². The molecule has 0 atom stereocenters. The Balaban J connectivity index is 2.12. The number of aromatic hydroxyl groups is 1. The minimum absolute atomic E-state index is 0.0881. The molecular weight excluding hydrogens is 264 g/mol. The smallest absolute Gasteiger partial charge is 0.262 e. The number of rotatable bonds is 2. The van der Waals surface area contributed by atoms with Gasteiger partial charge in [0.2, 0.25) is 5.88 Å².